The van der Waals surface area contributed by atoms with Crippen molar-refractivity contribution in [2.45, 2.75) is 79.1 Å². The summed E-state index contributed by atoms with van der Waals surface area (Å²) in [5, 5.41) is 0. The molecule has 2 aliphatic heterocycles. The van der Waals surface area contributed by atoms with Crippen molar-refractivity contribution >= 4 is 114 Å². The number of unbranched alkanes of at least 4 members (excludes halogenated alkanes) is 2. The summed E-state index contributed by atoms with van der Waals surface area (Å²) in [6, 6.07) is 8.15. The Hall–Kier alpha value is -2.48. The first kappa shape index (κ1) is 36.3. The van der Waals surface area contributed by atoms with Crippen LogP contribution in [0.4, 0.5) is 0 Å². The van der Waals surface area contributed by atoms with Crippen LogP contribution in [0.2, 0.25) is 0 Å². The third kappa shape index (κ3) is 7.60. The van der Waals surface area contributed by atoms with Crippen LogP contribution in [0.15, 0.2) is 24.3 Å². The van der Waals surface area contributed by atoms with Crippen molar-refractivity contribution in [3.8, 4) is 23.7 Å². The van der Waals surface area contributed by atoms with E-state index in [1.54, 1.807) is 22.7 Å². The molecule has 0 saturated heterocycles. The molecule has 4 aromatic rings. The van der Waals surface area contributed by atoms with Gasteiger partial charge in [0, 0.05) is 24.2 Å². The quantitative estimate of drug-likeness (QED) is 0.104. The fourth-order valence-electron chi connectivity index (χ4n) is 6.27. The average Bonchev–Trinajstić information content (AvgIpc) is 3.93. The summed E-state index contributed by atoms with van der Waals surface area (Å²) in [6.07, 6.45) is 9.57. The minimum absolute atomic E-state index is 0.595. The molecule has 0 spiro atoms. The zero-order valence-electron chi connectivity index (χ0n) is 28.2. The molecule has 0 radical (unpaired) electrons. The van der Waals surface area contributed by atoms with Gasteiger partial charge in [-0.3, -0.25) is 0 Å². The molecule has 11 heteroatoms. The lowest BCUT2D eigenvalue weighted by Crippen LogP contribution is -2.33. The van der Waals surface area contributed by atoms with Crippen LogP contribution in [0, 0.1) is 35.5 Å². The molecule has 1 aromatic carbocycles. The highest BCUT2D eigenvalue weighted by Gasteiger charge is 2.34. The molecular weight excluding hydrogens is 737 g/mol. The SMILES string of the molecule is CCCCC(CC)CN1C(=S)c2cc(C#Cc3ccc(C#Cc4cc5c(s4)C(=S)N(CC(CC)CCCC)C5=S)c4nsnc34)sc2C1=S. The Labute approximate surface area is 324 Å². The maximum absolute atomic E-state index is 5.89. The van der Waals surface area contributed by atoms with E-state index in [2.05, 4.69) is 82.1 Å². The number of thiophene rings is 2. The van der Waals surface area contributed by atoms with Gasteiger partial charge in [-0.05, 0) is 48.9 Å². The smallest absolute Gasteiger partial charge is 0.125 e. The van der Waals surface area contributed by atoms with Crippen molar-refractivity contribution in [2.24, 2.45) is 11.8 Å². The highest BCUT2D eigenvalue weighted by molar-refractivity contribution is 7.83. The van der Waals surface area contributed by atoms with Crippen LogP contribution in [-0.2, 0) is 0 Å². The Bertz CT molecular complexity index is 1850. The van der Waals surface area contributed by atoms with Gasteiger partial charge in [-0.2, -0.15) is 8.75 Å². The first-order valence-electron chi connectivity index (χ1n) is 17.1. The Morgan fingerprint density at radius 3 is 1.43 bits per heavy atom. The largest absolute Gasteiger partial charge is 0.322 e. The molecule has 6 rings (SSSR count). The lowest BCUT2D eigenvalue weighted by atomic mass is 9.99. The van der Waals surface area contributed by atoms with E-state index in [1.807, 2.05) is 12.1 Å². The summed E-state index contributed by atoms with van der Waals surface area (Å²) >= 11 is 28.0. The van der Waals surface area contributed by atoms with Gasteiger partial charge < -0.3 is 9.80 Å². The molecule has 0 aliphatic carbocycles. The minimum Gasteiger partial charge on any atom is -0.322 e. The van der Waals surface area contributed by atoms with Crippen molar-refractivity contribution in [1.82, 2.24) is 18.5 Å². The van der Waals surface area contributed by atoms with Crippen LogP contribution in [-0.4, -0.2) is 51.6 Å². The van der Waals surface area contributed by atoms with Gasteiger partial charge in [-0.25, -0.2) is 0 Å². The van der Waals surface area contributed by atoms with Crippen molar-refractivity contribution in [1.29, 1.82) is 0 Å². The summed E-state index contributed by atoms with van der Waals surface area (Å²) < 4.78 is 9.17. The molecule has 3 aromatic heterocycles. The maximum Gasteiger partial charge on any atom is 0.125 e. The number of benzene rings is 1. The van der Waals surface area contributed by atoms with E-state index in [0.29, 0.717) is 11.8 Å². The minimum atomic E-state index is 0.595. The number of hydrogen-bond acceptors (Lipinski definition) is 9. The molecule has 2 unspecified atom stereocenters. The third-order valence-corrected chi connectivity index (χ3v) is 13.9. The molecule has 0 fully saturated rings. The second-order valence-electron chi connectivity index (χ2n) is 12.6. The van der Waals surface area contributed by atoms with E-state index in [9.17, 15) is 0 Å². The molecule has 0 amide bonds. The van der Waals surface area contributed by atoms with Gasteiger partial charge in [0.05, 0.1) is 42.4 Å². The normalized spacial score (nSPS) is 14.9. The van der Waals surface area contributed by atoms with Crippen LogP contribution in [0.25, 0.3) is 11.0 Å². The molecule has 4 nitrogen and oxygen atoms in total. The third-order valence-electron chi connectivity index (χ3n) is 9.32. The average molecular weight is 775 g/mol. The molecule has 5 heterocycles. The van der Waals surface area contributed by atoms with E-state index < -0.39 is 0 Å². The second-order valence-corrected chi connectivity index (χ2v) is 16.8. The Morgan fingerprint density at radius 2 is 1.06 bits per heavy atom. The lowest BCUT2D eigenvalue weighted by Gasteiger charge is -2.24. The molecule has 0 N–H and O–H groups in total. The van der Waals surface area contributed by atoms with Gasteiger partial charge in [0.2, 0.25) is 0 Å². The number of nitrogens with zero attached hydrogens (tertiary/aromatic N) is 4. The lowest BCUT2D eigenvalue weighted by molar-refractivity contribution is 0.391. The second kappa shape index (κ2) is 16.2. The highest BCUT2D eigenvalue weighted by atomic mass is 32.1. The number of aromatic nitrogens is 2. The fraction of sp³-hybridized carbons (Fsp3) is 0.421. The summed E-state index contributed by atoms with van der Waals surface area (Å²) in [5.41, 5.74) is 5.26. The monoisotopic (exact) mass is 774 g/mol. The van der Waals surface area contributed by atoms with Crippen LogP contribution in [0.1, 0.15) is 121 Å². The van der Waals surface area contributed by atoms with E-state index in [-0.39, 0.29) is 0 Å². The number of thiocarbonyl (C=S) groups is 4. The molecule has 0 bridgehead atoms. The van der Waals surface area contributed by atoms with Gasteiger partial charge in [0.25, 0.3) is 0 Å². The zero-order valence-corrected chi connectivity index (χ0v) is 33.9. The predicted molar refractivity (Wildman–Crippen MR) is 225 cm³/mol. The standard InChI is InChI=1S/C38H38N4S7/c1-5-9-11-23(7-3)21-41-35(43)29-19-27(47-33(29)37(41)45)17-15-25-13-14-26(32-31(25)39-49-40-32)16-18-28-20-30-34(48-28)38(46)42(36(30)44)22-24(8-4)12-10-6-2/h13-14,19-20,23-24H,5-12,21-22H2,1-4H3. The first-order chi connectivity index (χ1) is 23.8. The van der Waals surface area contributed by atoms with E-state index >= 15 is 0 Å². The van der Waals surface area contributed by atoms with E-state index in [4.69, 9.17) is 48.9 Å². The van der Waals surface area contributed by atoms with Crippen molar-refractivity contribution in [3.63, 3.8) is 0 Å². The van der Waals surface area contributed by atoms with Gasteiger partial charge in [-0.15, -0.1) is 22.7 Å². The van der Waals surface area contributed by atoms with E-state index in [1.165, 1.54) is 50.3 Å². The van der Waals surface area contributed by atoms with Crippen LogP contribution < -0.4 is 0 Å². The zero-order chi connectivity index (χ0) is 34.7. The molecule has 0 saturated carbocycles. The number of rotatable bonds is 12. The Morgan fingerprint density at radius 1 is 0.633 bits per heavy atom. The van der Waals surface area contributed by atoms with Gasteiger partial charge in [0.15, 0.2) is 0 Å². The van der Waals surface area contributed by atoms with Crippen LogP contribution in [0.5, 0.6) is 0 Å². The van der Waals surface area contributed by atoms with Gasteiger partial charge >= 0.3 is 0 Å². The maximum atomic E-state index is 5.89. The van der Waals surface area contributed by atoms with Crippen LogP contribution >= 0.6 is 83.3 Å². The Kier molecular flexibility index (Phi) is 12.0. The summed E-state index contributed by atoms with van der Waals surface area (Å²) in [6.45, 7) is 10.8. The topological polar surface area (TPSA) is 32.3 Å². The highest BCUT2D eigenvalue weighted by Crippen LogP contribution is 2.35. The summed E-state index contributed by atoms with van der Waals surface area (Å²) in [5.74, 6) is 14.6. The van der Waals surface area contributed by atoms with Gasteiger partial charge in [-0.1, -0.05) is 139 Å². The number of hydrogen-bond donors (Lipinski definition) is 0. The van der Waals surface area contributed by atoms with Crippen molar-refractivity contribution < 1.29 is 0 Å². The van der Waals surface area contributed by atoms with Crippen LogP contribution in [0.3, 0.4) is 0 Å². The molecular formula is C38H38N4S7. The summed E-state index contributed by atoms with van der Waals surface area (Å²) in [4.78, 5) is 11.7. The van der Waals surface area contributed by atoms with E-state index in [0.717, 1.165) is 98.7 Å². The number of fused-ring (bicyclic) bond motifs is 3. The fourth-order valence-corrected chi connectivity index (χ4v) is 10.5. The van der Waals surface area contributed by atoms with Crippen molar-refractivity contribution in [3.05, 3.63) is 66.0 Å². The first-order valence-corrected chi connectivity index (χ1v) is 21.1. The summed E-state index contributed by atoms with van der Waals surface area (Å²) in [7, 11) is 0. The molecule has 49 heavy (non-hydrogen) atoms. The predicted octanol–water partition coefficient (Wildman–Crippen LogP) is 10.4. The Balaban J connectivity index is 1.16. The molecule has 252 valence electrons. The van der Waals surface area contributed by atoms with Crippen molar-refractivity contribution in [2.75, 3.05) is 13.1 Å². The van der Waals surface area contributed by atoms with Gasteiger partial charge in [0.1, 0.15) is 31.0 Å². The molecule has 2 aliphatic rings. The molecule has 2 atom stereocenters.